The fourth-order valence-electron chi connectivity index (χ4n) is 3.60. The summed E-state index contributed by atoms with van der Waals surface area (Å²) in [6.07, 6.45) is 3.64. The maximum Gasteiger partial charge on any atom is 0.317 e. The Morgan fingerprint density at radius 2 is 1.72 bits per heavy atom. The Hall–Kier alpha value is -2.88. The molecule has 1 aliphatic heterocycles. The van der Waals surface area contributed by atoms with Gasteiger partial charge in [-0.25, -0.2) is 13.2 Å². The van der Waals surface area contributed by atoms with Crippen LogP contribution in [0.15, 0.2) is 71.9 Å². The van der Waals surface area contributed by atoms with Crippen molar-refractivity contribution < 1.29 is 13.2 Å². The van der Waals surface area contributed by atoms with Gasteiger partial charge < -0.3 is 10.2 Å². The predicted octanol–water partition coefficient (Wildman–Crippen LogP) is 2.80. The van der Waals surface area contributed by atoms with Crippen molar-refractivity contribution in [3.05, 3.63) is 83.1 Å². The van der Waals surface area contributed by atoms with Gasteiger partial charge in [0.25, 0.3) is 0 Å². The maximum atomic E-state index is 12.8. The van der Waals surface area contributed by atoms with Crippen molar-refractivity contribution in [1.82, 2.24) is 24.3 Å². The molecule has 0 atom stereocenters. The van der Waals surface area contributed by atoms with Gasteiger partial charge in [-0.3, -0.25) is 4.68 Å². The number of hydrogen-bond donors (Lipinski definition) is 1. The lowest BCUT2D eigenvalue weighted by Crippen LogP contribution is -2.52. The van der Waals surface area contributed by atoms with Gasteiger partial charge in [0.15, 0.2) is 0 Å². The van der Waals surface area contributed by atoms with E-state index in [0.29, 0.717) is 31.2 Å². The molecule has 1 fully saturated rings. The molecular formula is C22H24ClN5O3S. The van der Waals surface area contributed by atoms with Crippen LogP contribution in [0.3, 0.4) is 0 Å². The molecule has 0 radical (unpaired) electrons. The molecule has 1 aromatic heterocycles. The third-order valence-electron chi connectivity index (χ3n) is 5.32. The highest BCUT2D eigenvalue weighted by Crippen LogP contribution is 2.20. The lowest BCUT2D eigenvalue weighted by Gasteiger charge is -2.34. The van der Waals surface area contributed by atoms with Gasteiger partial charge in [-0.1, -0.05) is 35.9 Å². The number of nitrogens with zero attached hydrogens (tertiary/aromatic N) is 4. The van der Waals surface area contributed by atoms with Gasteiger partial charge in [0, 0.05) is 50.1 Å². The Morgan fingerprint density at radius 3 is 2.41 bits per heavy atom. The summed E-state index contributed by atoms with van der Waals surface area (Å²) in [5.41, 5.74) is 2.09. The summed E-state index contributed by atoms with van der Waals surface area (Å²) in [4.78, 5) is 14.4. The molecule has 10 heteroatoms. The van der Waals surface area contributed by atoms with Crippen LogP contribution in [0.25, 0.3) is 0 Å². The van der Waals surface area contributed by atoms with Crippen LogP contribution in [0.5, 0.6) is 0 Å². The number of sulfonamides is 1. The number of rotatable bonds is 6. The second-order valence-electron chi connectivity index (χ2n) is 7.53. The molecule has 8 nitrogen and oxygen atoms in total. The van der Waals surface area contributed by atoms with Gasteiger partial charge in [0.2, 0.25) is 10.0 Å². The molecule has 1 aliphatic rings. The van der Waals surface area contributed by atoms with Crippen LogP contribution in [0.1, 0.15) is 11.1 Å². The molecule has 0 bridgehead atoms. The Kier molecular flexibility index (Phi) is 6.78. The van der Waals surface area contributed by atoms with Crippen LogP contribution < -0.4 is 5.32 Å². The summed E-state index contributed by atoms with van der Waals surface area (Å²) in [5, 5.41) is 7.62. The topological polar surface area (TPSA) is 87.5 Å². The minimum Gasteiger partial charge on any atom is -0.334 e. The van der Waals surface area contributed by atoms with Crippen molar-refractivity contribution in [2.24, 2.45) is 0 Å². The molecule has 0 unspecified atom stereocenters. The van der Waals surface area contributed by atoms with Gasteiger partial charge >= 0.3 is 6.03 Å². The molecule has 2 amide bonds. The second-order valence-corrected chi connectivity index (χ2v) is 9.90. The predicted molar refractivity (Wildman–Crippen MR) is 122 cm³/mol. The summed E-state index contributed by atoms with van der Waals surface area (Å²) in [6.45, 7) is 2.22. The van der Waals surface area contributed by atoms with E-state index in [-0.39, 0.29) is 24.0 Å². The van der Waals surface area contributed by atoms with Gasteiger partial charge in [0.1, 0.15) is 0 Å². The summed E-state index contributed by atoms with van der Waals surface area (Å²) >= 11 is 5.85. The van der Waals surface area contributed by atoms with Crippen LogP contribution in [-0.4, -0.2) is 59.6 Å². The standard InChI is InChI=1S/C22H24ClN5O3S/c23-20-5-7-21(8-6-20)32(30,31)28-13-11-26(12-14-28)22(29)24-16-18-3-1-4-19(15-18)17-27-10-2-9-25-27/h1-10,15H,11-14,16-17H2,(H,24,29). The third-order valence-corrected chi connectivity index (χ3v) is 7.48. The van der Waals surface area contributed by atoms with E-state index in [1.165, 1.54) is 16.4 Å². The average Bonchev–Trinajstić information content (AvgIpc) is 3.31. The van der Waals surface area contributed by atoms with E-state index < -0.39 is 10.0 Å². The number of carbonyl (C=O) groups is 1. The number of urea groups is 1. The molecule has 32 heavy (non-hydrogen) atoms. The Labute approximate surface area is 192 Å². The van der Waals surface area contributed by atoms with E-state index >= 15 is 0 Å². The van der Waals surface area contributed by atoms with Crippen LogP contribution in [0, 0.1) is 0 Å². The number of carbonyl (C=O) groups excluding carboxylic acids is 1. The number of hydrogen-bond acceptors (Lipinski definition) is 4. The van der Waals surface area contributed by atoms with Crippen molar-refractivity contribution in [2.75, 3.05) is 26.2 Å². The molecular weight excluding hydrogens is 450 g/mol. The Bertz CT molecular complexity index is 1160. The van der Waals surface area contributed by atoms with E-state index in [1.54, 1.807) is 23.2 Å². The van der Waals surface area contributed by atoms with Crippen molar-refractivity contribution in [1.29, 1.82) is 0 Å². The van der Waals surface area contributed by atoms with Gasteiger partial charge in [-0.2, -0.15) is 9.40 Å². The highest BCUT2D eigenvalue weighted by molar-refractivity contribution is 7.89. The fraction of sp³-hybridized carbons (Fsp3) is 0.273. The zero-order chi connectivity index (χ0) is 22.6. The first-order chi connectivity index (χ1) is 15.4. The van der Waals surface area contributed by atoms with E-state index in [2.05, 4.69) is 10.4 Å². The molecule has 0 aliphatic carbocycles. The first-order valence-corrected chi connectivity index (χ1v) is 12.1. The van der Waals surface area contributed by atoms with Crippen LogP contribution in [0.4, 0.5) is 4.79 Å². The molecule has 0 spiro atoms. The highest BCUT2D eigenvalue weighted by Gasteiger charge is 2.30. The Balaban J connectivity index is 1.29. The summed E-state index contributed by atoms with van der Waals surface area (Å²) in [6, 6.07) is 15.8. The van der Waals surface area contributed by atoms with E-state index in [0.717, 1.165) is 11.1 Å². The molecule has 1 N–H and O–H groups in total. The SMILES string of the molecule is O=C(NCc1cccc(Cn2cccn2)c1)N1CCN(S(=O)(=O)c2ccc(Cl)cc2)CC1. The smallest absolute Gasteiger partial charge is 0.317 e. The van der Waals surface area contributed by atoms with E-state index in [4.69, 9.17) is 11.6 Å². The zero-order valence-corrected chi connectivity index (χ0v) is 19.0. The van der Waals surface area contributed by atoms with Crippen molar-refractivity contribution >= 4 is 27.7 Å². The molecule has 0 saturated carbocycles. The number of halogens is 1. The van der Waals surface area contributed by atoms with Crippen molar-refractivity contribution in [3.63, 3.8) is 0 Å². The minimum absolute atomic E-state index is 0.203. The molecule has 4 rings (SSSR count). The largest absolute Gasteiger partial charge is 0.334 e. The van der Waals surface area contributed by atoms with Crippen molar-refractivity contribution in [3.8, 4) is 0 Å². The van der Waals surface area contributed by atoms with Gasteiger partial charge in [0.05, 0.1) is 11.4 Å². The molecule has 2 heterocycles. The highest BCUT2D eigenvalue weighted by atomic mass is 35.5. The van der Waals surface area contributed by atoms with E-state index in [9.17, 15) is 13.2 Å². The maximum absolute atomic E-state index is 12.8. The lowest BCUT2D eigenvalue weighted by molar-refractivity contribution is 0.172. The second kappa shape index (κ2) is 9.72. The van der Waals surface area contributed by atoms with Crippen molar-refractivity contribution in [2.45, 2.75) is 18.0 Å². The molecule has 2 aromatic carbocycles. The van der Waals surface area contributed by atoms with E-state index in [1.807, 2.05) is 41.2 Å². The van der Waals surface area contributed by atoms with Crippen LogP contribution in [0.2, 0.25) is 5.02 Å². The van der Waals surface area contributed by atoms with Gasteiger partial charge in [-0.05, 0) is 41.5 Å². The third kappa shape index (κ3) is 5.29. The monoisotopic (exact) mass is 473 g/mol. The first-order valence-electron chi connectivity index (χ1n) is 10.3. The molecule has 168 valence electrons. The zero-order valence-electron chi connectivity index (χ0n) is 17.4. The fourth-order valence-corrected chi connectivity index (χ4v) is 5.14. The summed E-state index contributed by atoms with van der Waals surface area (Å²) in [7, 11) is -3.60. The van der Waals surface area contributed by atoms with Crippen LogP contribution >= 0.6 is 11.6 Å². The number of nitrogens with one attached hydrogen (secondary N) is 1. The number of benzene rings is 2. The summed E-state index contributed by atoms with van der Waals surface area (Å²) in [5.74, 6) is 0. The van der Waals surface area contributed by atoms with Gasteiger partial charge in [-0.15, -0.1) is 0 Å². The number of amides is 2. The number of aromatic nitrogens is 2. The number of piperazine rings is 1. The first kappa shape index (κ1) is 22.3. The average molecular weight is 474 g/mol. The minimum atomic E-state index is -3.60. The normalized spacial score (nSPS) is 15.0. The molecule has 3 aromatic rings. The van der Waals surface area contributed by atoms with Crippen LogP contribution in [-0.2, 0) is 23.1 Å². The lowest BCUT2D eigenvalue weighted by atomic mass is 10.1. The molecule has 1 saturated heterocycles. The summed E-state index contributed by atoms with van der Waals surface area (Å²) < 4.78 is 28.8. The quantitative estimate of drug-likeness (QED) is 0.596. The Morgan fingerprint density at radius 1 is 1.00 bits per heavy atom.